The summed E-state index contributed by atoms with van der Waals surface area (Å²) in [6, 6.07) is 0. The van der Waals surface area contributed by atoms with Gasteiger partial charge < -0.3 is 9.47 Å². The summed E-state index contributed by atoms with van der Waals surface area (Å²) in [5.41, 5.74) is 0. The molecule has 0 radical (unpaired) electrons. The van der Waals surface area contributed by atoms with Crippen LogP contribution in [0.1, 0.15) is 32.6 Å². The van der Waals surface area contributed by atoms with Crippen LogP contribution < -0.4 is 0 Å². The van der Waals surface area contributed by atoms with Crippen molar-refractivity contribution in [2.45, 2.75) is 44.9 Å². The van der Waals surface area contributed by atoms with E-state index >= 15 is 0 Å². The van der Waals surface area contributed by atoms with Crippen molar-refractivity contribution in [2.75, 3.05) is 11.9 Å². The molecule has 0 aromatic heterocycles. The lowest BCUT2D eigenvalue weighted by Gasteiger charge is -2.15. The monoisotopic (exact) mass is 348 g/mol. The summed E-state index contributed by atoms with van der Waals surface area (Å²) in [5.74, 6) is -2.99. The maximum atomic E-state index is 12.0. The summed E-state index contributed by atoms with van der Waals surface area (Å²) < 4.78 is 44.9. The number of hydrogen-bond donors (Lipinski definition) is 0. The van der Waals surface area contributed by atoms with E-state index in [0.717, 1.165) is 12.8 Å². The number of unbranched alkanes of at least 4 members (excludes halogenated alkanes) is 2. The van der Waals surface area contributed by atoms with Gasteiger partial charge in [0.05, 0.1) is 13.0 Å². The van der Waals surface area contributed by atoms with Crippen LogP contribution in [0.2, 0.25) is 0 Å². The van der Waals surface area contributed by atoms with Crippen LogP contribution in [-0.2, 0) is 19.1 Å². The fraction of sp³-hybridized carbons (Fsp3) is 0.818. The van der Waals surface area contributed by atoms with Gasteiger partial charge in [-0.3, -0.25) is 4.79 Å². The molecule has 0 aliphatic carbocycles. The first-order valence-corrected chi connectivity index (χ1v) is 6.92. The molecule has 0 aliphatic heterocycles. The minimum atomic E-state index is -5.06. The van der Waals surface area contributed by atoms with Gasteiger partial charge in [-0.05, 0) is 6.42 Å². The van der Waals surface area contributed by atoms with Gasteiger partial charge in [0.25, 0.3) is 0 Å². The summed E-state index contributed by atoms with van der Waals surface area (Å²) in [4.78, 5) is 21.9. The van der Waals surface area contributed by atoms with E-state index in [1.54, 1.807) is 0 Å². The van der Waals surface area contributed by atoms with Crippen LogP contribution in [-0.4, -0.2) is 36.2 Å². The Bertz CT molecular complexity index is 294. The van der Waals surface area contributed by atoms with Crippen molar-refractivity contribution < 1.29 is 32.2 Å². The first-order chi connectivity index (χ1) is 8.81. The predicted octanol–water partition coefficient (Wildman–Crippen LogP) is 2.98. The van der Waals surface area contributed by atoms with Crippen molar-refractivity contribution in [1.29, 1.82) is 0 Å². The highest BCUT2D eigenvalue weighted by Crippen LogP contribution is 2.19. The third-order valence-electron chi connectivity index (χ3n) is 2.08. The average Bonchev–Trinajstić information content (AvgIpc) is 2.32. The minimum absolute atomic E-state index is 0.0706. The Morgan fingerprint density at radius 1 is 1.26 bits per heavy atom. The van der Waals surface area contributed by atoms with E-state index in [0.29, 0.717) is 6.42 Å². The molecule has 112 valence electrons. The second-order valence-corrected chi connectivity index (χ2v) is 4.46. The summed E-state index contributed by atoms with van der Waals surface area (Å²) in [6.07, 6.45) is -4.09. The van der Waals surface area contributed by atoms with Crippen molar-refractivity contribution in [3.05, 3.63) is 0 Å². The van der Waals surface area contributed by atoms with Gasteiger partial charge in [0.2, 0.25) is 0 Å². The molecule has 8 heteroatoms. The van der Waals surface area contributed by atoms with Crippen LogP contribution in [0, 0.1) is 0 Å². The van der Waals surface area contributed by atoms with Gasteiger partial charge in [-0.25, -0.2) is 4.79 Å². The molecular formula is C11H16BrF3O4. The highest BCUT2D eigenvalue weighted by Gasteiger charge is 2.42. The second kappa shape index (κ2) is 9.17. The third-order valence-corrected chi connectivity index (χ3v) is 2.80. The summed E-state index contributed by atoms with van der Waals surface area (Å²) in [6.45, 7) is 2.20. The minimum Gasteiger partial charge on any atom is -0.466 e. The van der Waals surface area contributed by atoms with Crippen LogP contribution in [0.15, 0.2) is 0 Å². The number of ether oxygens (including phenoxy) is 2. The van der Waals surface area contributed by atoms with Crippen molar-refractivity contribution >= 4 is 27.9 Å². The second-order valence-electron chi connectivity index (χ2n) is 3.81. The number of rotatable bonds is 8. The van der Waals surface area contributed by atoms with Crippen molar-refractivity contribution in [1.82, 2.24) is 0 Å². The Morgan fingerprint density at radius 3 is 2.37 bits per heavy atom. The Labute approximate surface area is 117 Å². The number of carbonyl (C=O) groups is 2. The van der Waals surface area contributed by atoms with E-state index in [1.165, 1.54) is 0 Å². The number of hydrogen-bond acceptors (Lipinski definition) is 4. The fourth-order valence-corrected chi connectivity index (χ4v) is 1.49. The number of esters is 2. The largest absolute Gasteiger partial charge is 0.490 e. The van der Waals surface area contributed by atoms with Gasteiger partial charge in [-0.2, -0.15) is 13.2 Å². The predicted molar refractivity (Wildman–Crippen MR) is 64.8 cm³/mol. The van der Waals surface area contributed by atoms with Crippen molar-refractivity contribution in [2.24, 2.45) is 0 Å². The summed E-state index contributed by atoms with van der Waals surface area (Å²) >= 11 is 2.88. The van der Waals surface area contributed by atoms with E-state index in [2.05, 4.69) is 20.7 Å². The molecule has 0 aromatic rings. The standard InChI is InChI=1S/C11H16BrF3O4/c1-2-3-4-5-18-9(16)6-8(7-12)19-10(17)11(13,14)15/h8H,2-7H2,1H3. The molecule has 0 heterocycles. The average molecular weight is 349 g/mol. The van der Waals surface area contributed by atoms with Gasteiger partial charge >= 0.3 is 18.1 Å². The van der Waals surface area contributed by atoms with Gasteiger partial charge in [-0.1, -0.05) is 35.7 Å². The van der Waals surface area contributed by atoms with Crippen LogP contribution in [0.5, 0.6) is 0 Å². The van der Waals surface area contributed by atoms with Crippen molar-refractivity contribution in [3.8, 4) is 0 Å². The molecule has 0 bridgehead atoms. The SMILES string of the molecule is CCCCCOC(=O)CC(CBr)OC(=O)C(F)(F)F. The zero-order valence-corrected chi connectivity index (χ0v) is 12.1. The third kappa shape index (κ3) is 8.85. The molecule has 0 rings (SSSR count). The molecule has 0 aromatic carbocycles. The zero-order valence-electron chi connectivity index (χ0n) is 10.5. The molecule has 1 atom stereocenters. The quantitative estimate of drug-likeness (QED) is 0.384. The highest BCUT2D eigenvalue weighted by molar-refractivity contribution is 9.09. The summed E-state index contributed by atoms with van der Waals surface area (Å²) in [7, 11) is 0. The normalized spacial score (nSPS) is 12.9. The molecule has 4 nitrogen and oxygen atoms in total. The molecule has 0 saturated carbocycles. The maximum Gasteiger partial charge on any atom is 0.490 e. The first-order valence-electron chi connectivity index (χ1n) is 5.80. The van der Waals surface area contributed by atoms with Crippen LogP contribution >= 0.6 is 15.9 Å². The molecule has 19 heavy (non-hydrogen) atoms. The van der Waals surface area contributed by atoms with E-state index in [1.807, 2.05) is 6.92 Å². The Kier molecular flexibility index (Phi) is 8.79. The Morgan fingerprint density at radius 2 is 1.89 bits per heavy atom. The first kappa shape index (κ1) is 18.2. The van der Waals surface area contributed by atoms with E-state index in [-0.39, 0.29) is 11.9 Å². The Hall–Kier alpha value is -0.790. The summed E-state index contributed by atoms with van der Waals surface area (Å²) in [5, 5.41) is -0.0706. The highest BCUT2D eigenvalue weighted by atomic mass is 79.9. The van der Waals surface area contributed by atoms with Gasteiger partial charge in [0.1, 0.15) is 6.10 Å². The lowest BCUT2D eigenvalue weighted by molar-refractivity contribution is -0.204. The topological polar surface area (TPSA) is 52.6 Å². The molecule has 0 saturated heterocycles. The van der Waals surface area contributed by atoms with Crippen molar-refractivity contribution in [3.63, 3.8) is 0 Å². The zero-order chi connectivity index (χ0) is 14.9. The molecule has 0 N–H and O–H groups in total. The molecule has 0 amide bonds. The molecule has 1 unspecified atom stereocenters. The molecule has 0 aliphatic rings. The molecule has 0 spiro atoms. The van der Waals surface area contributed by atoms with Crippen LogP contribution in [0.4, 0.5) is 13.2 Å². The van der Waals surface area contributed by atoms with Gasteiger partial charge in [0.15, 0.2) is 0 Å². The van der Waals surface area contributed by atoms with Gasteiger partial charge in [0, 0.05) is 5.33 Å². The lowest BCUT2D eigenvalue weighted by Crippen LogP contribution is -2.32. The number of alkyl halides is 4. The van der Waals surface area contributed by atoms with Gasteiger partial charge in [-0.15, -0.1) is 0 Å². The van der Waals surface area contributed by atoms with E-state index in [9.17, 15) is 22.8 Å². The van der Waals surface area contributed by atoms with E-state index < -0.39 is 30.6 Å². The number of carbonyl (C=O) groups excluding carboxylic acids is 2. The fourth-order valence-electron chi connectivity index (χ4n) is 1.13. The molecular weight excluding hydrogens is 333 g/mol. The smallest absolute Gasteiger partial charge is 0.466 e. The number of halogens is 4. The van der Waals surface area contributed by atoms with Crippen LogP contribution in [0.25, 0.3) is 0 Å². The molecule has 0 fully saturated rings. The Balaban J connectivity index is 4.05. The van der Waals surface area contributed by atoms with Crippen LogP contribution in [0.3, 0.4) is 0 Å². The maximum absolute atomic E-state index is 12.0. The lowest BCUT2D eigenvalue weighted by atomic mass is 10.2. The van der Waals surface area contributed by atoms with E-state index in [4.69, 9.17) is 4.74 Å².